The quantitative estimate of drug-likeness (QED) is 0.0581. The Balaban J connectivity index is 1.57. The predicted octanol–water partition coefficient (Wildman–Crippen LogP) is -4.13. The van der Waals surface area contributed by atoms with Gasteiger partial charge in [0.15, 0.2) is 12.6 Å². The van der Waals surface area contributed by atoms with Gasteiger partial charge in [0.25, 0.3) is 0 Å². The van der Waals surface area contributed by atoms with Crippen molar-refractivity contribution < 1.29 is 68.8 Å². The number of ether oxygens (including phenoxy) is 4. The highest BCUT2D eigenvalue weighted by Gasteiger charge is 2.45. The highest BCUT2D eigenvalue weighted by molar-refractivity contribution is 5.77. The summed E-state index contributed by atoms with van der Waals surface area (Å²) >= 11 is 0. The number of hydrogen-bond donors (Lipinski definition) is 10. The minimum Gasteiger partial charge on any atom is -0.394 e. The Kier molecular flexibility index (Phi) is 18.6. The summed E-state index contributed by atoms with van der Waals surface area (Å²) in [4.78, 5) is 47.3. The fourth-order valence-corrected chi connectivity index (χ4v) is 5.17. The van der Waals surface area contributed by atoms with Crippen molar-refractivity contribution in [2.45, 2.75) is 120 Å². The van der Waals surface area contributed by atoms with E-state index in [1.165, 1.54) is 13.8 Å². The fraction of sp³-hybridized carbons (Fsp3) is 0.862. The Labute approximate surface area is 273 Å². The third kappa shape index (κ3) is 14.2. The molecule has 47 heavy (non-hydrogen) atoms. The van der Waals surface area contributed by atoms with E-state index >= 15 is 0 Å². The van der Waals surface area contributed by atoms with Crippen molar-refractivity contribution >= 4 is 23.6 Å². The molecule has 272 valence electrons. The van der Waals surface area contributed by atoms with Crippen molar-refractivity contribution in [1.82, 2.24) is 21.3 Å². The van der Waals surface area contributed by atoms with Crippen LogP contribution in [0.4, 0.5) is 0 Å². The van der Waals surface area contributed by atoms with Crippen LogP contribution in [-0.4, -0.2) is 155 Å². The standard InChI is InChI=1S/C29H52N4O14/c1-16(36)32-18-13-19(38)25(41)20(14-34)46-28(18)44-11-5-3-7-22(39)30-9-10-31-23(40)8-4-6-12-45-29-24(33-17(2)37)27(43)26(42)21(15-35)47-29/h18-21,24-29,34-35,38,41-43H,3-15H2,1-2H3,(H,30,39)(H,31,40)(H,32,36)(H,33,37)/t18?,19-,20?,21?,24+,25-,26+,27?,28-,29-/m1/s1. The van der Waals surface area contributed by atoms with Crippen molar-refractivity contribution in [3.8, 4) is 0 Å². The van der Waals surface area contributed by atoms with Crippen LogP contribution in [0.25, 0.3) is 0 Å². The van der Waals surface area contributed by atoms with E-state index in [1.807, 2.05) is 0 Å². The van der Waals surface area contributed by atoms with Gasteiger partial charge in [-0.1, -0.05) is 0 Å². The van der Waals surface area contributed by atoms with Gasteiger partial charge in [-0.2, -0.15) is 0 Å². The first-order chi connectivity index (χ1) is 22.4. The van der Waals surface area contributed by atoms with Gasteiger partial charge in [0.1, 0.15) is 36.6 Å². The number of carbonyl (C=O) groups is 4. The van der Waals surface area contributed by atoms with Crippen LogP contribution in [-0.2, 0) is 38.1 Å². The van der Waals surface area contributed by atoms with Gasteiger partial charge in [-0.3, -0.25) is 19.2 Å². The summed E-state index contributed by atoms with van der Waals surface area (Å²) in [6.07, 6.45) is -7.41. The fourth-order valence-electron chi connectivity index (χ4n) is 5.17. The van der Waals surface area contributed by atoms with Gasteiger partial charge in [-0.25, -0.2) is 0 Å². The number of nitrogens with one attached hydrogen (secondary N) is 4. The number of aliphatic hydroxyl groups excluding tert-OH is 6. The molecule has 10 atom stereocenters. The lowest BCUT2D eigenvalue weighted by molar-refractivity contribution is -0.270. The summed E-state index contributed by atoms with van der Waals surface area (Å²) in [7, 11) is 0. The first-order valence-electron chi connectivity index (χ1n) is 15.9. The van der Waals surface area contributed by atoms with Gasteiger partial charge in [-0.15, -0.1) is 0 Å². The number of aliphatic hydroxyl groups is 6. The molecule has 4 amide bonds. The van der Waals surface area contributed by atoms with Crippen LogP contribution in [0.3, 0.4) is 0 Å². The molecular weight excluding hydrogens is 628 g/mol. The zero-order chi connectivity index (χ0) is 34.9. The van der Waals surface area contributed by atoms with Gasteiger partial charge in [0, 0.05) is 59.4 Å². The first-order valence-corrected chi connectivity index (χ1v) is 15.9. The zero-order valence-electron chi connectivity index (χ0n) is 26.9. The van der Waals surface area contributed by atoms with Crippen LogP contribution in [0.2, 0.25) is 0 Å². The van der Waals surface area contributed by atoms with E-state index in [-0.39, 0.29) is 63.3 Å². The highest BCUT2D eigenvalue weighted by Crippen LogP contribution is 2.23. The van der Waals surface area contributed by atoms with Crippen LogP contribution in [0.15, 0.2) is 0 Å². The van der Waals surface area contributed by atoms with Gasteiger partial charge in [-0.05, 0) is 25.7 Å². The molecule has 0 spiro atoms. The van der Waals surface area contributed by atoms with Crippen molar-refractivity contribution in [2.24, 2.45) is 0 Å². The third-order valence-electron chi connectivity index (χ3n) is 7.66. The van der Waals surface area contributed by atoms with E-state index in [0.717, 1.165) is 0 Å². The van der Waals surface area contributed by atoms with E-state index in [4.69, 9.17) is 18.9 Å². The number of hydrogen-bond acceptors (Lipinski definition) is 14. The molecule has 2 saturated heterocycles. The monoisotopic (exact) mass is 680 g/mol. The maximum atomic E-state index is 12.1. The smallest absolute Gasteiger partial charge is 0.220 e. The molecule has 10 N–H and O–H groups in total. The van der Waals surface area contributed by atoms with E-state index in [2.05, 4.69) is 21.3 Å². The Morgan fingerprint density at radius 3 is 1.68 bits per heavy atom. The molecule has 0 saturated carbocycles. The SMILES string of the molecule is CC(=O)NC1C[C@@H](O)[C@@H](O)C(CO)O[C@H]1OCCCCC(=O)NCCNC(=O)CCCCO[C@@H]1OC(CO)[C@H](O)C(O)[C@@H]1NC(C)=O. The topological polar surface area (TPSA) is 275 Å². The van der Waals surface area contributed by atoms with Crippen molar-refractivity contribution in [3.63, 3.8) is 0 Å². The zero-order valence-corrected chi connectivity index (χ0v) is 26.9. The summed E-state index contributed by atoms with van der Waals surface area (Å²) in [5, 5.41) is 70.0. The minimum atomic E-state index is -1.40. The molecule has 0 radical (unpaired) electrons. The van der Waals surface area contributed by atoms with Crippen LogP contribution in [0, 0.1) is 0 Å². The normalized spacial score (nSPS) is 31.0. The van der Waals surface area contributed by atoms with Gasteiger partial charge < -0.3 is 70.9 Å². The Hall–Kier alpha value is -2.52. The largest absolute Gasteiger partial charge is 0.394 e. The minimum absolute atomic E-state index is 0.0305. The van der Waals surface area contributed by atoms with Gasteiger partial charge in [0.2, 0.25) is 23.6 Å². The average Bonchev–Trinajstić information content (AvgIpc) is 3.12. The Bertz CT molecular complexity index is 977. The van der Waals surface area contributed by atoms with E-state index in [1.54, 1.807) is 0 Å². The van der Waals surface area contributed by atoms with Gasteiger partial charge in [0.05, 0.1) is 25.4 Å². The maximum absolute atomic E-state index is 12.1. The summed E-state index contributed by atoms with van der Waals surface area (Å²) < 4.78 is 22.4. The lowest BCUT2D eigenvalue weighted by Crippen LogP contribution is -2.64. The molecule has 0 aliphatic carbocycles. The summed E-state index contributed by atoms with van der Waals surface area (Å²) in [6.45, 7) is 2.20. The Morgan fingerprint density at radius 2 is 1.17 bits per heavy atom. The summed E-state index contributed by atoms with van der Waals surface area (Å²) in [5.41, 5.74) is 0. The average molecular weight is 681 g/mol. The molecule has 0 aromatic carbocycles. The predicted molar refractivity (Wildman–Crippen MR) is 161 cm³/mol. The number of unbranched alkanes of at least 4 members (excludes halogenated alkanes) is 2. The second-order valence-electron chi connectivity index (χ2n) is 11.6. The number of amides is 4. The maximum Gasteiger partial charge on any atom is 0.220 e. The van der Waals surface area contributed by atoms with Crippen molar-refractivity contribution in [1.29, 1.82) is 0 Å². The second kappa shape index (κ2) is 21.5. The molecule has 4 unspecified atom stereocenters. The first kappa shape index (κ1) is 40.7. The van der Waals surface area contributed by atoms with Crippen molar-refractivity contribution in [2.75, 3.05) is 39.5 Å². The summed E-state index contributed by atoms with van der Waals surface area (Å²) in [6, 6.07) is -1.78. The molecule has 0 aromatic heterocycles. The van der Waals surface area contributed by atoms with Crippen LogP contribution in [0.5, 0.6) is 0 Å². The molecule has 2 aliphatic rings. The molecule has 18 heteroatoms. The molecule has 2 fully saturated rings. The third-order valence-corrected chi connectivity index (χ3v) is 7.66. The highest BCUT2D eigenvalue weighted by atomic mass is 16.7. The summed E-state index contributed by atoms with van der Waals surface area (Å²) in [5.74, 6) is -1.27. The molecule has 2 heterocycles. The Morgan fingerprint density at radius 1 is 0.681 bits per heavy atom. The van der Waals surface area contributed by atoms with Crippen LogP contribution >= 0.6 is 0 Å². The number of carbonyl (C=O) groups excluding carboxylic acids is 4. The molecular formula is C29H52N4O14. The van der Waals surface area contributed by atoms with Crippen molar-refractivity contribution in [3.05, 3.63) is 0 Å². The van der Waals surface area contributed by atoms with Crippen LogP contribution in [0.1, 0.15) is 58.8 Å². The molecule has 2 aliphatic heterocycles. The van der Waals surface area contributed by atoms with E-state index < -0.39 is 80.4 Å². The molecule has 2 rings (SSSR count). The lowest BCUT2D eigenvalue weighted by Gasteiger charge is -2.42. The number of rotatable bonds is 19. The molecule has 18 nitrogen and oxygen atoms in total. The van der Waals surface area contributed by atoms with E-state index in [9.17, 15) is 49.8 Å². The van der Waals surface area contributed by atoms with E-state index in [0.29, 0.717) is 25.7 Å². The van der Waals surface area contributed by atoms with Crippen LogP contribution < -0.4 is 21.3 Å². The molecule has 0 bridgehead atoms. The van der Waals surface area contributed by atoms with Gasteiger partial charge >= 0.3 is 0 Å². The lowest BCUT2D eigenvalue weighted by atomic mass is 9.97. The molecule has 0 aromatic rings. The second-order valence-corrected chi connectivity index (χ2v) is 11.6.